The largest absolute Gasteiger partial charge is 0.343 e. The Bertz CT molecular complexity index is 321. The first kappa shape index (κ1) is 15.2. The summed E-state index contributed by atoms with van der Waals surface area (Å²) in [5, 5.41) is 2.03. The van der Waals surface area contributed by atoms with Crippen LogP contribution in [0.5, 0.6) is 0 Å². The van der Waals surface area contributed by atoms with Crippen LogP contribution in [0.2, 0.25) is 0 Å². The number of nitrogens with zero attached hydrogens (tertiary/aromatic N) is 1. The number of hydrogen-bond donors (Lipinski definition) is 0. The number of rotatable bonds is 9. The summed E-state index contributed by atoms with van der Waals surface area (Å²) in [5.41, 5.74) is 0. The summed E-state index contributed by atoms with van der Waals surface area (Å²) in [6.07, 6.45) is 6.85. The number of amides is 1. The summed E-state index contributed by atoms with van der Waals surface area (Å²) >= 11 is 1.67. The Balaban J connectivity index is 2.25. The Hall–Kier alpha value is -0.830. The minimum atomic E-state index is 0.274. The van der Waals surface area contributed by atoms with E-state index in [1.54, 1.807) is 11.3 Å². The van der Waals surface area contributed by atoms with Crippen molar-refractivity contribution in [3.8, 4) is 0 Å². The highest BCUT2D eigenvalue weighted by atomic mass is 32.1. The average molecular weight is 267 g/mol. The SMILES string of the molecule is CCCCCCCN(CC)C(=O)Cc1cccs1. The molecule has 102 valence electrons. The number of hydrogen-bond acceptors (Lipinski definition) is 2. The van der Waals surface area contributed by atoms with Crippen LogP contribution in [0.3, 0.4) is 0 Å². The highest BCUT2D eigenvalue weighted by Crippen LogP contribution is 2.11. The topological polar surface area (TPSA) is 20.3 Å². The van der Waals surface area contributed by atoms with Gasteiger partial charge in [-0.05, 0) is 24.8 Å². The molecule has 0 unspecified atom stereocenters. The van der Waals surface area contributed by atoms with Crippen LogP contribution in [-0.2, 0) is 11.2 Å². The lowest BCUT2D eigenvalue weighted by Gasteiger charge is -2.20. The quantitative estimate of drug-likeness (QED) is 0.617. The highest BCUT2D eigenvalue weighted by Gasteiger charge is 2.12. The summed E-state index contributed by atoms with van der Waals surface area (Å²) in [4.78, 5) is 15.3. The van der Waals surface area contributed by atoms with E-state index in [1.165, 1.54) is 30.6 Å². The Morgan fingerprint density at radius 2 is 2.00 bits per heavy atom. The van der Waals surface area contributed by atoms with Gasteiger partial charge in [0.05, 0.1) is 6.42 Å². The summed E-state index contributed by atoms with van der Waals surface area (Å²) in [6, 6.07) is 4.05. The maximum atomic E-state index is 12.1. The molecule has 0 spiro atoms. The fraction of sp³-hybridized carbons (Fsp3) is 0.667. The average Bonchev–Trinajstić information content (AvgIpc) is 2.86. The van der Waals surface area contributed by atoms with Gasteiger partial charge in [-0.1, -0.05) is 38.7 Å². The smallest absolute Gasteiger partial charge is 0.227 e. The fourth-order valence-corrected chi connectivity index (χ4v) is 2.74. The molecule has 0 radical (unpaired) electrons. The second-order valence-corrected chi connectivity index (χ2v) is 5.68. The van der Waals surface area contributed by atoms with Crippen LogP contribution >= 0.6 is 11.3 Å². The van der Waals surface area contributed by atoms with Gasteiger partial charge in [-0.25, -0.2) is 0 Å². The minimum absolute atomic E-state index is 0.274. The van der Waals surface area contributed by atoms with Gasteiger partial charge in [-0.15, -0.1) is 11.3 Å². The summed E-state index contributed by atoms with van der Waals surface area (Å²) in [6.45, 7) is 6.05. The fourth-order valence-electron chi connectivity index (χ4n) is 2.04. The molecule has 0 saturated heterocycles. The van der Waals surface area contributed by atoms with Crippen molar-refractivity contribution in [1.82, 2.24) is 4.90 Å². The van der Waals surface area contributed by atoms with Crippen LogP contribution in [0.15, 0.2) is 17.5 Å². The maximum absolute atomic E-state index is 12.1. The van der Waals surface area contributed by atoms with Gasteiger partial charge in [0.2, 0.25) is 5.91 Å². The highest BCUT2D eigenvalue weighted by molar-refractivity contribution is 7.10. The van der Waals surface area contributed by atoms with Crippen molar-refractivity contribution in [2.24, 2.45) is 0 Å². The van der Waals surface area contributed by atoms with E-state index in [-0.39, 0.29) is 5.91 Å². The third-order valence-electron chi connectivity index (χ3n) is 3.17. The molecule has 0 saturated carbocycles. The molecule has 3 heteroatoms. The maximum Gasteiger partial charge on any atom is 0.227 e. The van der Waals surface area contributed by atoms with E-state index < -0.39 is 0 Å². The van der Waals surface area contributed by atoms with Gasteiger partial charge in [0.1, 0.15) is 0 Å². The van der Waals surface area contributed by atoms with Crippen LogP contribution in [0.1, 0.15) is 50.8 Å². The van der Waals surface area contributed by atoms with Crippen molar-refractivity contribution in [1.29, 1.82) is 0 Å². The van der Waals surface area contributed by atoms with Gasteiger partial charge in [0.25, 0.3) is 0 Å². The van der Waals surface area contributed by atoms with Gasteiger partial charge in [-0.3, -0.25) is 4.79 Å². The molecule has 0 fully saturated rings. The first-order chi connectivity index (χ1) is 8.77. The van der Waals surface area contributed by atoms with Crippen LogP contribution in [0, 0.1) is 0 Å². The van der Waals surface area contributed by atoms with Gasteiger partial charge < -0.3 is 4.90 Å². The molecule has 0 N–H and O–H groups in total. The molecule has 0 aliphatic carbocycles. The molecule has 1 heterocycles. The zero-order valence-electron chi connectivity index (χ0n) is 11.7. The van der Waals surface area contributed by atoms with Crippen LogP contribution in [-0.4, -0.2) is 23.9 Å². The van der Waals surface area contributed by atoms with Crippen molar-refractivity contribution < 1.29 is 4.79 Å². The van der Waals surface area contributed by atoms with Crippen molar-refractivity contribution in [3.63, 3.8) is 0 Å². The zero-order valence-corrected chi connectivity index (χ0v) is 12.5. The van der Waals surface area contributed by atoms with Gasteiger partial charge >= 0.3 is 0 Å². The lowest BCUT2D eigenvalue weighted by molar-refractivity contribution is -0.130. The van der Waals surface area contributed by atoms with E-state index in [1.807, 2.05) is 22.4 Å². The lowest BCUT2D eigenvalue weighted by Crippen LogP contribution is -2.32. The molecule has 1 aromatic heterocycles. The van der Waals surface area contributed by atoms with Crippen molar-refractivity contribution >= 4 is 17.2 Å². The second kappa shape index (κ2) is 9.15. The minimum Gasteiger partial charge on any atom is -0.343 e. The Morgan fingerprint density at radius 3 is 2.61 bits per heavy atom. The molecule has 0 aliphatic rings. The van der Waals surface area contributed by atoms with E-state index in [0.717, 1.165) is 19.5 Å². The monoisotopic (exact) mass is 267 g/mol. The molecule has 1 rings (SSSR count). The number of likely N-dealkylation sites (N-methyl/N-ethyl adjacent to an activating group) is 1. The third-order valence-corrected chi connectivity index (χ3v) is 4.05. The van der Waals surface area contributed by atoms with Gasteiger partial charge in [-0.2, -0.15) is 0 Å². The van der Waals surface area contributed by atoms with E-state index in [0.29, 0.717) is 6.42 Å². The molecule has 2 nitrogen and oxygen atoms in total. The zero-order chi connectivity index (χ0) is 13.2. The number of unbranched alkanes of at least 4 members (excludes halogenated alkanes) is 4. The standard InChI is InChI=1S/C15H25NOS/c1-3-5-6-7-8-11-16(4-2)15(17)13-14-10-9-12-18-14/h9-10,12H,3-8,11,13H2,1-2H3. The Kier molecular flexibility index (Phi) is 7.74. The van der Waals surface area contributed by atoms with E-state index in [4.69, 9.17) is 0 Å². The molecule has 0 bridgehead atoms. The predicted molar refractivity (Wildman–Crippen MR) is 79.0 cm³/mol. The lowest BCUT2D eigenvalue weighted by atomic mass is 10.1. The third kappa shape index (κ3) is 5.67. The molecule has 1 amide bonds. The summed E-state index contributed by atoms with van der Waals surface area (Å²) in [7, 11) is 0. The molecule has 0 aromatic carbocycles. The Labute approximate surface area is 115 Å². The van der Waals surface area contributed by atoms with E-state index in [2.05, 4.69) is 13.8 Å². The van der Waals surface area contributed by atoms with Gasteiger partial charge in [0.15, 0.2) is 0 Å². The molecule has 18 heavy (non-hydrogen) atoms. The molecular formula is C15H25NOS. The summed E-state index contributed by atoms with van der Waals surface area (Å²) < 4.78 is 0. The molecule has 1 aromatic rings. The number of carbonyl (C=O) groups excluding carboxylic acids is 1. The van der Waals surface area contributed by atoms with Crippen molar-refractivity contribution in [3.05, 3.63) is 22.4 Å². The molecule has 0 aliphatic heterocycles. The predicted octanol–water partition coefficient (Wildman–Crippen LogP) is 4.11. The number of thiophene rings is 1. The Morgan fingerprint density at radius 1 is 1.22 bits per heavy atom. The first-order valence-electron chi connectivity index (χ1n) is 7.08. The van der Waals surface area contributed by atoms with Crippen molar-refractivity contribution in [2.45, 2.75) is 52.4 Å². The van der Waals surface area contributed by atoms with E-state index >= 15 is 0 Å². The first-order valence-corrected chi connectivity index (χ1v) is 7.96. The number of carbonyl (C=O) groups is 1. The molecule has 0 atom stereocenters. The summed E-state index contributed by atoms with van der Waals surface area (Å²) in [5.74, 6) is 0.274. The normalized spacial score (nSPS) is 10.6. The van der Waals surface area contributed by atoms with Crippen LogP contribution in [0.25, 0.3) is 0 Å². The molecular weight excluding hydrogens is 242 g/mol. The van der Waals surface area contributed by atoms with Crippen molar-refractivity contribution in [2.75, 3.05) is 13.1 Å². The second-order valence-electron chi connectivity index (χ2n) is 4.64. The van der Waals surface area contributed by atoms with Gasteiger partial charge in [0, 0.05) is 18.0 Å². The van der Waals surface area contributed by atoms with Crippen LogP contribution in [0.4, 0.5) is 0 Å². The van der Waals surface area contributed by atoms with E-state index in [9.17, 15) is 4.79 Å². The van der Waals surface area contributed by atoms with Crippen LogP contribution < -0.4 is 0 Å².